The fourth-order valence-electron chi connectivity index (χ4n) is 2.36. The molecule has 1 unspecified atom stereocenters. The van der Waals surface area contributed by atoms with Gasteiger partial charge in [0.1, 0.15) is 5.75 Å². The van der Waals surface area contributed by atoms with E-state index in [2.05, 4.69) is 28.6 Å². The molecule has 1 aromatic carbocycles. The highest BCUT2D eigenvalue weighted by atomic mass is 16.5. The van der Waals surface area contributed by atoms with E-state index in [1.54, 1.807) is 7.11 Å². The van der Waals surface area contributed by atoms with Crippen LogP contribution in [-0.2, 0) is 19.9 Å². The molecule has 2 aromatic rings. The van der Waals surface area contributed by atoms with Gasteiger partial charge in [-0.2, -0.15) is 5.10 Å². The number of nitrogens with zero attached hydrogens (tertiary/aromatic N) is 2. The zero-order valence-electron chi connectivity index (χ0n) is 12.5. The molecule has 0 aliphatic rings. The maximum Gasteiger partial charge on any atom is 0.118 e. The van der Waals surface area contributed by atoms with E-state index in [1.807, 2.05) is 37.1 Å². The van der Waals surface area contributed by atoms with Crippen molar-refractivity contribution in [1.82, 2.24) is 15.1 Å². The lowest BCUT2D eigenvalue weighted by Gasteiger charge is -2.16. The van der Waals surface area contributed by atoms with Crippen molar-refractivity contribution in [3.63, 3.8) is 0 Å². The van der Waals surface area contributed by atoms with Crippen LogP contribution >= 0.6 is 0 Å². The third-order valence-electron chi connectivity index (χ3n) is 3.72. The van der Waals surface area contributed by atoms with Crippen LogP contribution in [0.25, 0.3) is 0 Å². The Balaban J connectivity index is 1.89. The second-order valence-electron chi connectivity index (χ2n) is 5.02. The monoisotopic (exact) mass is 273 g/mol. The number of nitrogens with one attached hydrogen (secondary N) is 1. The van der Waals surface area contributed by atoms with Crippen LogP contribution < -0.4 is 10.1 Å². The minimum Gasteiger partial charge on any atom is -0.497 e. The number of methoxy groups -OCH3 is 1. The Morgan fingerprint density at radius 1 is 1.25 bits per heavy atom. The molecule has 0 spiro atoms. The lowest BCUT2D eigenvalue weighted by molar-refractivity contribution is 0.414. The van der Waals surface area contributed by atoms with Crippen LogP contribution in [0.4, 0.5) is 0 Å². The molecule has 1 aromatic heterocycles. The van der Waals surface area contributed by atoms with E-state index in [4.69, 9.17) is 4.74 Å². The van der Waals surface area contributed by atoms with Gasteiger partial charge < -0.3 is 10.1 Å². The van der Waals surface area contributed by atoms with E-state index in [-0.39, 0.29) is 0 Å². The summed E-state index contributed by atoms with van der Waals surface area (Å²) in [7, 11) is 5.71. The fourth-order valence-corrected chi connectivity index (χ4v) is 2.36. The zero-order valence-corrected chi connectivity index (χ0v) is 12.5. The molecule has 4 heteroatoms. The highest BCUT2D eigenvalue weighted by Crippen LogP contribution is 2.14. The first kappa shape index (κ1) is 14.6. The van der Waals surface area contributed by atoms with Crippen molar-refractivity contribution in [1.29, 1.82) is 0 Å². The molecule has 1 heterocycles. The molecule has 0 fully saturated rings. The molecule has 0 saturated heterocycles. The lowest BCUT2D eigenvalue weighted by atomic mass is 10.0. The average Bonchev–Trinajstić information content (AvgIpc) is 2.89. The summed E-state index contributed by atoms with van der Waals surface area (Å²) in [5.41, 5.74) is 2.61. The second kappa shape index (κ2) is 7.10. The molecule has 1 N–H and O–H groups in total. The van der Waals surface area contributed by atoms with Crippen LogP contribution in [-0.4, -0.2) is 30.0 Å². The molecule has 0 bridgehead atoms. The average molecular weight is 273 g/mol. The third-order valence-corrected chi connectivity index (χ3v) is 3.72. The number of hydrogen-bond donors (Lipinski definition) is 1. The number of hydrogen-bond acceptors (Lipinski definition) is 3. The van der Waals surface area contributed by atoms with Crippen molar-refractivity contribution < 1.29 is 4.74 Å². The van der Waals surface area contributed by atoms with Crippen molar-refractivity contribution in [3.05, 3.63) is 47.8 Å². The molecule has 2 rings (SSSR count). The Bertz CT molecular complexity index is 519. The molecule has 108 valence electrons. The summed E-state index contributed by atoms with van der Waals surface area (Å²) >= 11 is 0. The number of ether oxygens (including phenoxy) is 1. The highest BCUT2D eigenvalue weighted by molar-refractivity contribution is 5.27. The number of likely N-dealkylation sites (N-methyl/N-ethyl adjacent to an activating group) is 1. The zero-order chi connectivity index (χ0) is 14.4. The van der Waals surface area contributed by atoms with E-state index in [9.17, 15) is 0 Å². The van der Waals surface area contributed by atoms with Gasteiger partial charge >= 0.3 is 0 Å². The fraction of sp³-hybridized carbons (Fsp3) is 0.438. The first-order chi connectivity index (χ1) is 9.72. The topological polar surface area (TPSA) is 39.1 Å². The molecule has 20 heavy (non-hydrogen) atoms. The standard InChI is InChI=1S/C16H23N3O/c1-17-14(6-7-15-10-11-18-19(15)2)12-13-4-8-16(20-3)9-5-13/h4-5,8-11,14,17H,6-7,12H2,1-3H3. The minimum atomic E-state index is 0.471. The first-order valence-electron chi connectivity index (χ1n) is 7.00. The quantitative estimate of drug-likeness (QED) is 0.840. The molecule has 0 aliphatic heterocycles. The Morgan fingerprint density at radius 2 is 2.00 bits per heavy atom. The summed E-state index contributed by atoms with van der Waals surface area (Å²) in [4.78, 5) is 0. The van der Waals surface area contributed by atoms with E-state index in [1.165, 1.54) is 11.3 Å². The summed E-state index contributed by atoms with van der Waals surface area (Å²) in [5, 5.41) is 7.61. The summed E-state index contributed by atoms with van der Waals surface area (Å²) in [6.07, 6.45) is 5.02. The predicted molar refractivity (Wildman–Crippen MR) is 81.1 cm³/mol. The van der Waals surface area contributed by atoms with Crippen molar-refractivity contribution in [2.75, 3.05) is 14.2 Å². The van der Waals surface area contributed by atoms with Gasteiger partial charge in [0.05, 0.1) is 7.11 Å². The van der Waals surface area contributed by atoms with E-state index in [0.29, 0.717) is 6.04 Å². The van der Waals surface area contributed by atoms with E-state index >= 15 is 0 Å². The Kier molecular flexibility index (Phi) is 5.18. The molecular weight excluding hydrogens is 250 g/mol. The Morgan fingerprint density at radius 3 is 2.55 bits per heavy atom. The van der Waals surface area contributed by atoms with E-state index in [0.717, 1.165) is 25.0 Å². The minimum absolute atomic E-state index is 0.471. The molecular formula is C16H23N3O. The predicted octanol–water partition coefficient (Wildman–Crippen LogP) is 2.19. The Labute approximate surface area is 120 Å². The Hall–Kier alpha value is -1.81. The van der Waals surface area contributed by atoms with Crippen LogP contribution in [0.1, 0.15) is 17.7 Å². The number of aryl methyl sites for hydroxylation is 2. The van der Waals surface area contributed by atoms with Gasteiger partial charge in [-0.25, -0.2) is 0 Å². The van der Waals surface area contributed by atoms with Gasteiger partial charge in [-0.05, 0) is 50.1 Å². The molecule has 0 radical (unpaired) electrons. The van der Waals surface area contributed by atoms with Crippen LogP contribution in [0.15, 0.2) is 36.5 Å². The number of aromatic nitrogens is 2. The van der Waals surface area contributed by atoms with E-state index < -0.39 is 0 Å². The normalized spacial score (nSPS) is 12.3. The lowest BCUT2D eigenvalue weighted by Crippen LogP contribution is -2.28. The van der Waals surface area contributed by atoms with Crippen molar-refractivity contribution >= 4 is 0 Å². The summed E-state index contributed by atoms with van der Waals surface area (Å²) in [5.74, 6) is 0.907. The van der Waals surface area contributed by atoms with Crippen LogP contribution in [0.2, 0.25) is 0 Å². The molecule has 0 saturated carbocycles. The van der Waals surface area contributed by atoms with Gasteiger partial charge in [-0.3, -0.25) is 4.68 Å². The van der Waals surface area contributed by atoms with Gasteiger partial charge in [0.15, 0.2) is 0 Å². The molecule has 0 aliphatic carbocycles. The number of benzene rings is 1. The maximum absolute atomic E-state index is 5.18. The van der Waals surface area contributed by atoms with Gasteiger partial charge in [0, 0.05) is 25.0 Å². The summed E-state index contributed by atoms with van der Waals surface area (Å²) in [6, 6.07) is 10.9. The van der Waals surface area contributed by atoms with Gasteiger partial charge in [-0.1, -0.05) is 12.1 Å². The smallest absolute Gasteiger partial charge is 0.118 e. The largest absolute Gasteiger partial charge is 0.497 e. The highest BCUT2D eigenvalue weighted by Gasteiger charge is 2.09. The summed E-state index contributed by atoms with van der Waals surface area (Å²) in [6.45, 7) is 0. The second-order valence-corrected chi connectivity index (χ2v) is 5.02. The van der Waals surface area contributed by atoms with Crippen LogP contribution in [0, 0.1) is 0 Å². The SMILES string of the molecule is CNC(CCc1ccnn1C)Cc1ccc(OC)cc1. The molecule has 4 nitrogen and oxygen atoms in total. The van der Waals surface area contributed by atoms with Crippen molar-refractivity contribution in [3.8, 4) is 5.75 Å². The van der Waals surface area contributed by atoms with Crippen LogP contribution in [0.3, 0.4) is 0 Å². The molecule has 0 amide bonds. The molecule has 1 atom stereocenters. The van der Waals surface area contributed by atoms with Crippen molar-refractivity contribution in [2.24, 2.45) is 7.05 Å². The maximum atomic E-state index is 5.18. The van der Waals surface area contributed by atoms with Crippen molar-refractivity contribution in [2.45, 2.75) is 25.3 Å². The first-order valence-corrected chi connectivity index (χ1v) is 7.00. The summed E-state index contributed by atoms with van der Waals surface area (Å²) < 4.78 is 7.13. The van der Waals surface area contributed by atoms with Gasteiger partial charge in [-0.15, -0.1) is 0 Å². The van der Waals surface area contributed by atoms with Crippen LogP contribution in [0.5, 0.6) is 5.75 Å². The van der Waals surface area contributed by atoms with Gasteiger partial charge in [0.25, 0.3) is 0 Å². The number of rotatable bonds is 7. The third kappa shape index (κ3) is 3.84. The van der Waals surface area contributed by atoms with Gasteiger partial charge in [0.2, 0.25) is 0 Å².